The molecule has 0 aliphatic rings. The highest BCUT2D eigenvalue weighted by atomic mass is 19.2. The summed E-state index contributed by atoms with van der Waals surface area (Å²) in [4.78, 5) is 13.7. The number of amides is 1. The first-order valence-corrected chi connectivity index (χ1v) is 6.12. The number of rotatable bonds is 3. The fraction of sp³-hybridized carbons (Fsp3) is 0.133. The number of nitrogens with one attached hydrogen (secondary N) is 1. The van der Waals surface area contributed by atoms with Crippen LogP contribution < -0.4 is 10.2 Å². The predicted molar refractivity (Wildman–Crippen MR) is 75.0 cm³/mol. The van der Waals surface area contributed by atoms with Crippen molar-refractivity contribution in [1.29, 1.82) is 0 Å². The van der Waals surface area contributed by atoms with Crippen molar-refractivity contribution in [3.8, 4) is 0 Å². The Bertz CT molecular complexity index is 669. The van der Waals surface area contributed by atoms with Crippen molar-refractivity contribution in [3.63, 3.8) is 0 Å². The van der Waals surface area contributed by atoms with E-state index in [9.17, 15) is 18.0 Å². The number of halogens is 3. The molecule has 1 N–H and O–H groups in total. The van der Waals surface area contributed by atoms with Crippen molar-refractivity contribution >= 4 is 17.3 Å². The zero-order valence-corrected chi connectivity index (χ0v) is 11.5. The van der Waals surface area contributed by atoms with E-state index in [0.717, 1.165) is 11.8 Å². The molecule has 0 saturated heterocycles. The summed E-state index contributed by atoms with van der Waals surface area (Å²) >= 11 is 0. The Morgan fingerprint density at radius 3 is 2.14 bits per heavy atom. The van der Waals surface area contributed by atoms with E-state index in [1.54, 1.807) is 24.3 Å². The SMILES string of the molecule is CN(C)c1ccc(NC(=O)c2ccc(F)c(F)c2F)cc1. The summed E-state index contributed by atoms with van der Waals surface area (Å²) in [6.45, 7) is 0. The average Bonchev–Trinajstić information content (AvgIpc) is 2.45. The van der Waals surface area contributed by atoms with Crippen LogP contribution in [-0.4, -0.2) is 20.0 Å². The molecule has 6 heteroatoms. The van der Waals surface area contributed by atoms with E-state index in [1.807, 2.05) is 19.0 Å². The molecule has 0 fully saturated rings. The molecule has 0 aliphatic carbocycles. The van der Waals surface area contributed by atoms with Crippen molar-refractivity contribution in [2.45, 2.75) is 0 Å². The minimum absolute atomic E-state index is 0.426. The van der Waals surface area contributed by atoms with Gasteiger partial charge in [0.15, 0.2) is 17.5 Å². The average molecular weight is 294 g/mol. The molecule has 2 aromatic carbocycles. The summed E-state index contributed by atoms with van der Waals surface area (Å²) in [5, 5.41) is 2.43. The van der Waals surface area contributed by atoms with Gasteiger partial charge in [-0.05, 0) is 36.4 Å². The molecule has 0 unspecified atom stereocenters. The number of nitrogens with zero attached hydrogens (tertiary/aromatic N) is 1. The molecule has 0 heterocycles. The topological polar surface area (TPSA) is 32.3 Å². The summed E-state index contributed by atoms with van der Waals surface area (Å²) < 4.78 is 39.4. The third-order valence-electron chi connectivity index (χ3n) is 2.92. The second-order valence-corrected chi connectivity index (χ2v) is 4.62. The van der Waals surface area contributed by atoms with Crippen LogP contribution in [0.4, 0.5) is 24.5 Å². The first-order chi connectivity index (χ1) is 9.90. The van der Waals surface area contributed by atoms with E-state index in [2.05, 4.69) is 5.32 Å². The smallest absolute Gasteiger partial charge is 0.258 e. The van der Waals surface area contributed by atoms with Crippen molar-refractivity contribution in [3.05, 3.63) is 59.4 Å². The monoisotopic (exact) mass is 294 g/mol. The van der Waals surface area contributed by atoms with Crippen LogP contribution in [0, 0.1) is 17.5 Å². The highest BCUT2D eigenvalue weighted by Gasteiger charge is 2.18. The number of carbonyl (C=O) groups excluding carboxylic acids is 1. The molecule has 0 bridgehead atoms. The number of anilines is 2. The van der Waals surface area contributed by atoms with Gasteiger partial charge >= 0.3 is 0 Å². The van der Waals surface area contributed by atoms with Gasteiger partial charge in [0.1, 0.15) is 0 Å². The van der Waals surface area contributed by atoms with E-state index < -0.39 is 28.9 Å². The molecule has 0 radical (unpaired) electrons. The van der Waals surface area contributed by atoms with Crippen LogP contribution in [0.2, 0.25) is 0 Å². The van der Waals surface area contributed by atoms with Gasteiger partial charge < -0.3 is 10.2 Å². The number of hydrogen-bond acceptors (Lipinski definition) is 2. The second-order valence-electron chi connectivity index (χ2n) is 4.62. The lowest BCUT2D eigenvalue weighted by Gasteiger charge is -2.13. The summed E-state index contributed by atoms with van der Waals surface area (Å²) in [5.74, 6) is -5.34. The second kappa shape index (κ2) is 5.87. The van der Waals surface area contributed by atoms with E-state index in [-0.39, 0.29) is 0 Å². The number of benzene rings is 2. The van der Waals surface area contributed by atoms with Crippen LogP contribution in [0.3, 0.4) is 0 Å². The molecule has 2 aromatic rings. The van der Waals surface area contributed by atoms with Gasteiger partial charge in [0.25, 0.3) is 5.91 Å². The lowest BCUT2D eigenvalue weighted by Crippen LogP contribution is -2.15. The Hall–Kier alpha value is -2.50. The molecular weight excluding hydrogens is 281 g/mol. The summed E-state index contributed by atoms with van der Waals surface area (Å²) in [6, 6.07) is 8.39. The molecule has 0 aromatic heterocycles. The third kappa shape index (κ3) is 3.16. The molecule has 0 spiro atoms. The predicted octanol–water partition coefficient (Wildman–Crippen LogP) is 3.42. The molecule has 0 saturated carbocycles. The first kappa shape index (κ1) is 14.9. The Balaban J connectivity index is 2.20. The van der Waals surface area contributed by atoms with Gasteiger partial charge in [0.2, 0.25) is 0 Å². The Kier molecular flexibility index (Phi) is 4.16. The Morgan fingerprint density at radius 1 is 0.952 bits per heavy atom. The molecular formula is C15H13F3N2O. The van der Waals surface area contributed by atoms with Crippen LogP contribution in [0.25, 0.3) is 0 Å². The summed E-state index contributed by atoms with van der Waals surface area (Å²) in [7, 11) is 3.73. The Morgan fingerprint density at radius 2 is 1.57 bits per heavy atom. The van der Waals surface area contributed by atoms with Crippen molar-refractivity contribution in [2.24, 2.45) is 0 Å². The van der Waals surface area contributed by atoms with E-state index >= 15 is 0 Å². The van der Waals surface area contributed by atoms with Gasteiger partial charge in [-0.25, -0.2) is 13.2 Å². The van der Waals surface area contributed by atoms with Crippen molar-refractivity contribution < 1.29 is 18.0 Å². The van der Waals surface area contributed by atoms with Gasteiger partial charge in [0.05, 0.1) is 5.56 Å². The maximum Gasteiger partial charge on any atom is 0.258 e. The van der Waals surface area contributed by atoms with Crippen molar-refractivity contribution in [1.82, 2.24) is 0 Å². The molecule has 21 heavy (non-hydrogen) atoms. The van der Waals surface area contributed by atoms with Gasteiger partial charge in [-0.15, -0.1) is 0 Å². The van der Waals surface area contributed by atoms with Crippen LogP contribution in [0.1, 0.15) is 10.4 Å². The van der Waals surface area contributed by atoms with E-state index in [0.29, 0.717) is 11.8 Å². The first-order valence-electron chi connectivity index (χ1n) is 6.12. The molecule has 1 amide bonds. The normalized spacial score (nSPS) is 10.3. The maximum atomic E-state index is 13.5. The lowest BCUT2D eigenvalue weighted by molar-refractivity contribution is 0.102. The van der Waals surface area contributed by atoms with Gasteiger partial charge in [-0.3, -0.25) is 4.79 Å². The van der Waals surface area contributed by atoms with E-state index in [4.69, 9.17) is 0 Å². The minimum Gasteiger partial charge on any atom is -0.378 e. The van der Waals surface area contributed by atoms with Gasteiger partial charge in [-0.1, -0.05) is 0 Å². The van der Waals surface area contributed by atoms with Crippen LogP contribution in [0.5, 0.6) is 0 Å². The quantitative estimate of drug-likeness (QED) is 0.880. The van der Waals surface area contributed by atoms with Crippen LogP contribution in [0.15, 0.2) is 36.4 Å². The maximum absolute atomic E-state index is 13.5. The molecule has 3 nitrogen and oxygen atoms in total. The number of carbonyl (C=O) groups is 1. The van der Waals surface area contributed by atoms with Gasteiger partial charge in [-0.2, -0.15) is 0 Å². The van der Waals surface area contributed by atoms with Crippen LogP contribution in [-0.2, 0) is 0 Å². The fourth-order valence-electron chi connectivity index (χ4n) is 1.74. The molecule has 110 valence electrons. The van der Waals surface area contributed by atoms with Gasteiger partial charge in [0, 0.05) is 25.5 Å². The highest BCUT2D eigenvalue weighted by Crippen LogP contribution is 2.19. The molecule has 0 atom stereocenters. The summed E-state index contributed by atoms with van der Waals surface area (Å²) in [5.41, 5.74) is 0.798. The molecule has 0 aliphatic heterocycles. The third-order valence-corrected chi connectivity index (χ3v) is 2.92. The number of hydrogen-bond donors (Lipinski definition) is 1. The van der Waals surface area contributed by atoms with Crippen molar-refractivity contribution in [2.75, 3.05) is 24.3 Å². The molecule has 2 rings (SSSR count). The lowest BCUT2D eigenvalue weighted by atomic mass is 10.1. The van der Waals surface area contributed by atoms with Crippen LogP contribution >= 0.6 is 0 Å². The minimum atomic E-state index is -1.66. The highest BCUT2D eigenvalue weighted by molar-refractivity contribution is 6.04. The van der Waals surface area contributed by atoms with E-state index in [1.165, 1.54) is 0 Å². The fourth-order valence-corrected chi connectivity index (χ4v) is 1.74. The standard InChI is InChI=1S/C15H13F3N2O/c1-20(2)10-5-3-9(4-6-10)19-15(21)11-7-8-12(16)14(18)13(11)17/h3-8H,1-2H3,(H,19,21). The zero-order valence-electron chi connectivity index (χ0n) is 11.5. The summed E-state index contributed by atoms with van der Waals surface area (Å²) in [6.07, 6.45) is 0. The Labute approximate surface area is 120 Å². The largest absolute Gasteiger partial charge is 0.378 e. The zero-order chi connectivity index (χ0) is 15.6.